The Labute approximate surface area is 142 Å². The number of nitrogens with zero attached hydrogens (tertiary/aromatic N) is 2. The highest BCUT2D eigenvalue weighted by atomic mass is 16.5. The van der Waals surface area contributed by atoms with Gasteiger partial charge in [-0.2, -0.15) is 0 Å². The molecule has 0 aliphatic rings. The summed E-state index contributed by atoms with van der Waals surface area (Å²) in [4.78, 5) is 18.2. The van der Waals surface area contributed by atoms with Crippen molar-refractivity contribution in [2.75, 3.05) is 44.4 Å². The van der Waals surface area contributed by atoms with Crippen LogP contribution in [0.1, 0.15) is 6.42 Å². The quantitative estimate of drug-likeness (QED) is 0.692. The molecule has 0 aliphatic heterocycles. The molecule has 2 rings (SSSR count). The smallest absolute Gasteiger partial charge is 0.263 e. The molecule has 0 unspecified atom stereocenters. The van der Waals surface area contributed by atoms with Crippen LogP contribution in [-0.4, -0.2) is 49.6 Å². The lowest BCUT2D eigenvalue weighted by molar-refractivity contribution is -0.118. The van der Waals surface area contributed by atoms with Gasteiger partial charge in [0.2, 0.25) is 0 Å². The molecule has 2 aromatic rings. The Morgan fingerprint density at radius 3 is 2.62 bits per heavy atom. The molecule has 0 radical (unpaired) electrons. The van der Waals surface area contributed by atoms with Crippen LogP contribution in [0.25, 0.3) is 0 Å². The summed E-state index contributed by atoms with van der Waals surface area (Å²) in [6, 6.07) is 12.9. The molecule has 1 aromatic heterocycles. The molecule has 0 atom stereocenters. The summed E-state index contributed by atoms with van der Waals surface area (Å²) in [6.45, 7) is 1.88. The van der Waals surface area contributed by atoms with Crippen molar-refractivity contribution < 1.29 is 9.53 Å². The molecule has 1 aromatic carbocycles. The van der Waals surface area contributed by atoms with E-state index in [2.05, 4.69) is 34.6 Å². The number of carbonyl (C=O) groups is 1. The van der Waals surface area contributed by atoms with Crippen LogP contribution in [0.5, 0.6) is 5.75 Å². The van der Waals surface area contributed by atoms with Crippen molar-refractivity contribution in [2.24, 2.45) is 0 Å². The number of hydrogen-bond acceptors (Lipinski definition) is 5. The molecule has 1 heterocycles. The van der Waals surface area contributed by atoms with E-state index in [9.17, 15) is 4.79 Å². The van der Waals surface area contributed by atoms with E-state index in [1.165, 1.54) is 0 Å². The number of aromatic nitrogens is 1. The zero-order chi connectivity index (χ0) is 17.2. The Hall–Kier alpha value is -2.60. The number of para-hydroxylation sites is 1. The normalized spacial score (nSPS) is 10.5. The summed E-state index contributed by atoms with van der Waals surface area (Å²) in [5.41, 5.74) is 0.937. The van der Waals surface area contributed by atoms with Gasteiger partial charge in [0.15, 0.2) is 6.61 Å². The highest BCUT2D eigenvalue weighted by Gasteiger charge is 2.04. The van der Waals surface area contributed by atoms with E-state index in [1.807, 2.05) is 36.4 Å². The van der Waals surface area contributed by atoms with Crippen molar-refractivity contribution >= 4 is 17.4 Å². The predicted octanol–water partition coefficient (Wildman–Crippen LogP) is 2.46. The van der Waals surface area contributed by atoms with Gasteiger partial charge in [0, 0.05) is 6.54 Å². The Balaban J connectivity index is 1.71. The molecule has 0 aliphatic carbocycles. The number of hydrogen-bond donors (Lipinski definition) is 2. The zero-order valence-corrected chi connectivity index (χ0v) is 14.2. The second-order valence-electron chi connectivity index (χ2n) is 5.67. The molecule has 0 fully saturated rings. The van der Waals surface area contributed by atoms with Crippen molar-refractivity contribution in [2.45, 2.75) is 6.42 Å². The van der Waals surface area contributed by atoms with E-state index in [4.69, 9.17) is 4.74 Å². The summed E-state index contributed by atoms with van der Waals surface area (Å²) < 4.78 is 5.39. The zero-order valence-electron chi connectivity index (χ0n) is 14.2. The van der Waals surface area contributed by atoms with E-state index in [0.717, 1.165) is 25.2 Å². The van der Waals surface area contributed by atoms with Crippen LogP contribution < -0.4 is 15.4 Å². The van der Waals surface area contributed by atoms with Crippen molar-refractivity contribution in [1.82, 2.24) is 9.88 Å². The Kier molecular flexibility index (Phi) is 7.04. The molecule has 24 heavy (non-hydrogen) atoms. The van der Waals surface area contributed by atoms with Gasteiger partial charge in [-0.05, 0) is 51.3 Å². The Bertz CT molecular complexity index is 615. The van der Waals surface area contributed by atoms with Crippen LogP contribution in [-0.2, 0) is 4.79 Å². The first-order chi connectivity index (χ1) is 11.6. The minimum Gasteiger partial charge on any atom is -0.484 e. The summed E-state index contributed by atoms with van der Waals surface area (Å²) in [5.74, 6) is 0.937. The highest BCUT2D eigenvalue weighted by Crippen LogP contribution is 2.11. The lowest BCUT2D eigenvalue weighted by atomic mass is 10.3. The van der Waals surface area contributed by atoms with E-state index < -0.39 is 0 Å². The maximum Gasteiger partial charge on any atom is 0.263 e. The second-order valence-corrected chi connectivity index (χ2v) is 5.67. The molecule has 6 heteroatoms. The third-order valence-electron chi connectivity index (χ3n) is 3.26. The number of anilines is 2. The highest BCUT2D eigenvalue weighted by molar-refractivity contribution is 5.91. The number of amides is 1. The monoisotopic (exact) mass is 328 g/mol. The first-order valence-corrected chi connectivity index (χ1v) is 7.96. The van der Waals surface area contributed by atoms with Crippen LogP contribution in [0, 0.1) is 0 Å². The summed E-state index contributed by atoms with van der Waals surface area (Å²) in [7, 11) is 4.11. The van der Waals surface area contributed by atoms with Gasteiger partial charge in [-0.3, -0.25) is 4.79 Å². The van der Waals surface area contributed by atoms with Gasteiger partial charge in [-0.15, -0.1) is 0 Å². The lowest BCUT2D eigenvalue weighted by Crippen LogP contribution is -2.20. The first kappa shape index (κ1) is 17.7. The average molecular weight is 328 g/mol. The van der Waals surface area contributed by atoms with E-state index in [1.54, 1.807) is 12.3 Å². The van der Waals surface area contributed by atoms with E-state index in [0.29, 0.717) is 11.6 Å². The maximum absolute atomic E-state index is 11.8. The molecule has 6 nitrogen and oxygen atoms in total. The van der Waals surface area contributed by atoms with Crippen LogP contribution in [0.2, 0.25) is 0 Å². The lowest BCUT2D eigenvalue weighted by Gasteiger charge is -2.11. The fraction of sp³-hybridized carbons (Fsp3) is 0.333. The number of nitrogens with one attached hydrogen (secondary N) is 2. The standard InChI is InChI=1S/C18H24N4O2/c1-22(2)12-6-11-19-15-9-10-17(20-13-15)21-18(23)14-24-16-7-4-3-5-8-16/h3-5,7-10,13,19H,6,11-12,14H2,1-2H3,(H,20,21,23). The summed E-state index contributed by atoms with van der Waals surface area (Å²) in [6.07, 6.45) is 2.77. The number of rotatable bonds is 9. The molecule has 2 N–H and O–H groups in total. The number of ether oxygens (including phenoxy) is 1. The third-order valence-corrected chi connectivity index (χ3v) is 3.26. The topological polar surface area (TPSA) is 66.5 Å². The molecular formula is C18H24N4O2. The fourth-order valence-corrected chi connectivity index (χ4v) is 2.04. The largest absolute Gasteiger partial charge is 0.484 e. The molecule has 0 bridgehead atoms. The first-order valence-electron chi connectivity index (χ1n) is 7.96. The van der Waals surface area contributed by atoms with Gasteiger partial charge in [0.05, 0.1) is 11.9 Å². The second kappa shape index (κ2) is 9.52. The van der Waals surface area contributed by atoms with Crippen LogP contribution >= 0.6 is 0 Å². The minimum atomic E-state index is -0.238. The van der Waals surface area contributed by atoms with Gasteiger partial charge >= 0.3 is 0 Å². The van der Waals surface area contributed by atoms with Crippen molar-refractivity contribution in [1.29, 1.82) is 0 Å². The molecule has 0 saturated heterocycles. The summed E-state index contributed by atoms with van der Waals surface area (Å²) >= 11 is 0. The van der Waals surface area contributed by atoms with E-state index in [-0.39, 0.29) is 12.5 Å². The van der Waals surface area contributed by atoms with Crippen molar-refractivity contribution in [3.8, 4) is 5.75 Å². The van der Waals surface area contributed by atoms with E-state index >= 15 is 0 Å². The molecule has 1 amide bonds. The minimum absolute atomic E-state index is 0.0454. The molecule has 0 saturated carbocycles. The SMILES string of the molecule is CN(C)CCCNc1ccc(NC(=O)COc2ccccc2)nc1. The molecule has 128 valence electrons. The van der Waals surface area contributed by atoms with Gasteiger partial charge in [0.25, 0.3) is 5.91 Å². The Morgan fingerprint density at radius 2 is 1.96 bits per heavy atom. The van der Waals surface area contributed by atoms with Crippen LogP contribution in [0.3, 0.4) is 0 Å². The maximum atomic E-state index is 11.8. The Morgan fingerprint density at radius 1 is 1.17 bits per heavy atom. The van der Waals surface area contributed by atoms with Gasteiger partial charge in [0.1, 0.15) is 11.6 Å². The predicted molar refractivity (Wildman–Crippen MR) is 96.5 cm³/mol. The average Bonchev–Trinajstić information content (AvgIpc) is 2.59. The molecule has 0 spiro atoms. The van der Waals surface area contributed by atoms with Crippen molar-refractivity contribution in [3.63, 3.8) is 0 Å². The van der Waals surface area contributed by atoms with Gasteiger partial charge < -0.3 is 20.3 Å². The summed E-state index contributed by atoms with van der Waals surface area (Å²) in [5, 5.41) is 6.01. The van der Waals surface area contributed by atoms with Crippen molar-refractivity contribution in [3.05, 3.63) is 48.7 Å². The third kappa shape index (κ3) is 6.66. The van der Waals surface area contributed by atoms with Gasteiger partial charge in [-0.1, -0.05) is 18.2 Å². The van der Waals surface area contributed by atoms with Gasteiger partial charge in [-0.25, -0.2) is 4.98 Å². The van der Waals surface area contributed by atoms with Crippen LogP contribution in [0.4, 0.5) is 11.5 Å². The number of benzene rings is 1. The number of carbonyl (C=O) groups excluding carboxylic acids is 1. The van der Waals surface area contributed by atoms with Crippen LogP contribution in [0.15, 0.2) is 48.7 Å². The fourth-order valence-electron chi connectivity index (χ4n) is 2.04. The molecular weight excluding hydrogens is 304 g/mol. The number of pyridine rings is 1.